The number of amides is 1. The maximum Gasteiger partial charge on any atom is 0.325 e. The highest BCUT2D eigenvalue weighted by molar-refractivity contribution is 5.97. The van der Waals surface area contributed by atoms with Crippen LogP contribution in [0.15, 0.2) is 30.6 Å². The van der Waals surface area contributed by atoms with Gasteiger partial charge in [-0.3, -0.25) is 14.6 Å². The van der Waals surface area contributed by atoms with Gasteiger partial charge in [-0.25, -0.2) is 0 Å². The summed E-state index contributed by atoms with van der Waals surface area (Å²) in [7, 11) is 2.85. The summed E-state index contributed by atoms with van der Waals surface area (Å²) < 4.78 is 11.7. The molecule has 2 rings (SSSR count). The third-order valence-corrected chi connectivity index (χ3v) is 3.97. The van der Waals surface area contributed by atoms with Gasteiger partial charge in [-0.2, -0.15) is 0 Å². The molecule has 2 aromatic rings. The summed E-state index contributed by atoms with van der Waals surface area (Å²) in [4.78, 5) is 30.1. The number of hydrogen-bond acceptors (Lipinski definition) is 5. The van der Waals surface area contributed by atoms with Crippen molar-refractivity contribution in [1.29, 1.82) is 0 Å². The Balaban J connectivity index is 2.35. The normalized spacial score (nSPS) is 10.6. The Morgan fingerprint density at radius 1 is 1.28 bits per heavy atom. The van der Waals surface area contributed by atoms with Crippen molar-refractivity contribution < 1.29 is 19.1 Å². The van der Waals surface area contributed by atoms with Gasteiger partial charge >= 0.3 is 5.97 Å². The number of hydrogen-bond donors (Lipinski definition) is 0. The number of aromatic nitrogens is 2. The van der Waals surface area contributed by atoms with E-state index in [1.54, 1.807) is 19.5 Å². The lowest BCUT2D eigenvalue weighted by molar-refractivity contribution is -0.141. The summed E-state index contributed by atoms with van der Waals surface area (Å²) in [5.41, 5.74) is 3.13. The van der Waals surface area contributed by atoms with Gasteiger partial charge in [-0.15, -0.1) is 0 Å². The van der Waals surface area contributed by atoms with Gasteiger partial charge < -0.3 is 18.9 Å². The molecular formula is C18H23N3O4. The van der Waals surface area contributed by atoms with Crippen LogP contribution in [-0.2, 0) is 14.3 Å². The van der Waals surface area contributed by atoms with Crippen molar-refractivity contribution in [3.8, 4) is 5.69 Å². The molecule has 2 aromatic heterocycles. The van der Waals surface area contributed by atoms with Crippen LogP contribution in [0.1, 0.15) is 21.7 Å². The Bertz CT molecular complexity index is 740. The van der Waals surface area contributed by atoms with Crippen molar-refractivity contribution in [3.63, 3.8) is 0 Å². The monoisotopic (exact) mass is 345 g/mol. The molecule has 0 aliphatic carbocycles. The average molecular weight is 345 g/mol. The number of aryl methyl sites for hydroxylation is 1. The SMILES string of the molecule is COCCN(CC(=O)OC)C(=O)c1cc(C)n(-c2cccnc2)c1C. The number of esters is 1. The van der Waals surface area contributed by atoms with Gasteiger partial charge in [-0.05, 0) is 32.0 Å². The fourth-order valence-corrected chi connectivity index (χ4v) is 2.71. The van der Waals surface area contributed by atoms with E-state index in [1.165, 1.54) is 12.0 Å². The topological polar surface area (TPSA) is 73.7 Å². The number of rotatable bonds is 7. The first kappa shape index (κ1) is 18.7. The van der Waals surface area contributed by atoms with E-state index in [-0.39, 0.29) is 12.5 Å². The molecule has 0 atom stereocenters. The van der Waals surface area contributed by atoms with Crippen molar-refractivity contribution >= 4 is 11.9 Å². The molecule has 7 heteroatoms. The van der Waals surface area contributed by atoms with Gasteiger partial charge in [0.1, 0.15) is 6.54 Å². The number of methoxy groups -OCH3 is 2. The Morgan fingerprint density at radius 2 is 2.04 bits per heavy atom. The minimum absolute atomic E-state index is 0.116. The van der Waals surface area contributed by atoms with Crippen molar-refractivity contribution in [2.75, 3.05) is 33.9 Å². The largest absolute Gasteiger partial charge is 0.468 e. The Kier molecular flexibility index (Phi) is 6.30. The fourth-order valence-electron chi connectivity index (χ4n) is 2.71. The fraction of sp³-hybridized carbons (Fsp3) is 0.389. The van der Waals surface area contributed by atoms with E-state index in [4.69, 9.17) is 4.74 Å². The van der Waals surface area contributed by atoms with E-state index in [1.807, 2.05) is 36.6 Å². The standard InChI is InChI=1S/C18H23N3O4/c1-13-10-16(14(2)21(13)15-6-5-7-19-11-15)18(23)20(8-9-24-3)12-17(22)25-4/h5-7,10-11H,8-9,12H2,1-4H3. The smallest absolute Gasteiger partial charge is 0.325 e. The summed E-state index contributed by atoms with van der Waals surface area (Å²) in [6.45, 7) is 4.33. The highest BCUT2D eigenvalue weighted by Gasteiger charge is 2.23. The van der Waals surface area contributed by atoms with Crippen LogP contribution in [0.4, 0.5) is 0 Å². The van der Waals surface area contributed by atoms with Gasteiger partial charge in [0.15, 0.2) is 0 Å². The third kappa shape index (κ3) is 4.24. The maximum atomic E-state index is 13.0. The minimum atomic E-state index is -0.467. The van der Waals surface area contributed by atoms with Gasteiger partial charge in [0.05, 0.1) is 31.2 Å². The Morgan fingerprint density at radius 3 is 2.64 bits per heavy atom. The zero-order valence-electron chi connectivity index (χ0n) is 15.0. The average Bonchev–Trinajstić information content (AvgIpc) is 2.92. The van der Waals surface area contributed by atoms with Crippen molar-refractivity contribution in [2.24, 2.45) is 0 Å². The van der Waals surface area contributed by atoms with Gasteiger partial charge in [0.2, 0.25) is 0 Å². The zero-order valence-corrected chi connectivity index (χ0v) is 15.0. The second-order valence-corrected chi connectivity index (χ2v) is 5.63. The molecule has 0 fully saturated rings. The summed E-state index contributed by atoms with van der Waals surface area (Å²) >= 11 is 0. The molecule has 0 radical (unpaired) electrons. The predicted molar refractivity (Wildman–Crippen MR) is 92.8 cm³/mol. The summed E-state index contributed by atoms with van der Waals surface area (Å²) in [5, 5.41) is 0. The van der Waals surface area contributed by atoms with Crippen molar-refractivity contribution in [1.82, 2.24) is 14.5 Å². The molecule has 0 unspecified atom stereocenters. The molecule has 0 aliphatic heterocycles. The number of carbonyl (C=O) groups excluding carboxylic acids is 2. The van der Waals surface area contributed by atoms with Gasteiger partial charge in [-0.1, -0.05) is 0 Å². The van der Waals surface area contributed by atoms with E-state index >= 15 is 0 Å². The second-order valence-electron chi connectivity index (χ2n) is 5.63. The summed E-state index contributed by atoms with van der Waals surface area (Å²) in [5.74, 6) is -0.698. The molecule has 0 N–H and O–H groups in total. The van der Waals surface area contributed by atoms with Gasteiger partial charge in [0.25, 0.3) is 5.91 Å². The zero-order chi connectivity index (χ0) is 18.4. The van der Waals surface area contributed by atoms with E-state index in [0.29, 0.717) is 18.7 Å². The molecule has 134 valence electrons. The third-order valence-electron chi connectivity index (χ3n) is 3.97. The lowest BCUT2D eigenvalue weighted by atomic mass is 10.2. The Hall–Kier alpha value is -2.67. The molecule has 25 heavy (non-hydrogen) atoms. The van der Waals surface area contributed by atoms with E-state index in [0.717, 1.165) is 17.1 Å². The molecule has 0 aliphatic rings. The lowest BCUT2D eigenvalue weighted by Crippen LogP contribution is -2.38. The first-order chi connectivity index (χ1) is 12.0. The van der Waals surface area contributed by atoms with Crippen LogP contribution in [0.2, 0.25) is 0 Å². The molecule has 0 bridgehead atoms. The van der Waals surface area contributed by atoms with E-state index in [2.05, 4.69) is 9.72 Å². The summed E-state index contributed by atoms with van der Waals surface area (Å²) in [6.07, 6.45) is 3.44. The van der Waals surface area contributed by atoms with Gasteiger partial charge in [0, 0.05) is 31.2 Å². The van der Waals surface area contributed by atoms with Crippen LogP contribution in [0.3, 0.4) is 0 Å². The number of ether oxygens (including phenoxy) is 2. The van der Waals surface area contributed by atoms with Crippen molar-refractivity contribution in [3.05, 3.63) is 47.5 Å². The van der Waals surface area contributed by atoms with Crippen LogP contribution < -0.4 is 0 Å². The molecule has 0 aromatic carbocycles. The lowest BCUT2D eigenvalue weighted by Gasteiger charge is -2.21. The van der Waals surface area contributed by atoms with Crippen LogP contribution in [0.25, 0.3) is 5.69 Å². The quantitative estimate of drug-likeness (QED) is 0.715. The van der Waals surface area contributed by atoms with Crippen LogP contribution in [0.5, 0.6) is 0 Å². The summed E-state index contributed by atoms with van der Waals surface area (Å²) in [6, 6.07) is 5.60. The minimum Gasteiger partial charge on any atom is -0.468 e. The first-order valence-electron chi connectivity index (χ1n) is 7.94. The molecule has 0 spiro atoms. The van der Waals surface area contributed by atoms with E-state index in [9.17, 15) is 9.59 Å². The highest BCUT2D eigenvalue weighted by Crippen LogP contribution is 2.21. The highest BCUT2D eigenvalue weighted by atomic mass is 16.5. The van der Waals surface area contributed by atoms with Crippen LogP contribution in [-0.4, -0.2) is 60.2 Å². The van der Waals surface area contributed by atoms with Crippen LogP contribution in [0, 0.1) is 13.8 Å². The van der Waals surface area contributed by atoms with Crippen LogP contribution >= 0.6 is 0 Å². The molecule has 2 heterocycles. The maximum absolute atomic E-state index is 13.0. The molecule has 0 saturated carbocycles. The first-order valence-corrected chi connectivity index (χ1v) is 7.94. The molecule has 7 nitrogen and oxygen atoms in total. The molecule has 1 amide bonds. The second kappa shape index (κ2) is 8.43. The van der Waals surface area contributed by atoms with E-state index < -0.39 is 5.97 Å². The van der Waals surface area contributed by atoms with Crippen molar-refractivity contribution in [2.45, 2.75) is 13.8 Å². The number of nitrogens with zero attached hydrogens (tertiary/aromatic N) is 3. The predicted octanol–water partition coefficient (Wildman–Crippen LogP) is 1.75. The number of carbonyl (C=O) groups is 2. The molecule has 0 saturated heterocycles. The number of pyridine rings is 1. The molecular weight excluding hydrogens is 322 g/mol. The Labute approximate surface area is 147 Å².